The number of hydrogen-bond acceptors (Lipinski definition) is 3. The molecule has 0 unspecified atom stereocenters. The lowest BCUT2D eigenvalue weighted by Crippen LogP contribution is -2.02. The van der Waals surface area contributed by atoms with Gasteiger partial charge in [-0.05, 0) is 34.4 Å². The van der Waals surface area contributed by atoms with Gasteiger partial charge in [-0.15, -0.1) is 0 Å². The fourth-order valence-electron chi connectivity index (χ4n) is 2.39. The molecule has 0 radical (unpaired) electrons. The summed E-state index contributed by atoms with van der Waals surface area (Å²) in [7, 11) is -2.99. The SMILES string of the molecule is COc1ccc2cc3ccccc3cc2c1S(=O)(=O)O. The molecule has 4 nitrogen and oxygen atoms in total. The predicted octanol–water partition coefficient (Wildman–Crippen LogP) is 3.25. The zero-order valence-electron chi connectivity index (χ0n) is 10.7. The van der Waals surface area contributed by atoms with Crippen LogP contribution in [0.2, 0.25) is 0 Å². The van der Waals surface area contributed by atoms with Crippen LogP contribution in [0.1, 0.15) is 0 Å². The number of hydrogen-bond donors (Lipinski definition) is 1. The molecule has 0 saturated heterocycles. The van der Waals surface area contributed by atoms with Crippen molar-refractivity contribution in [3.8, 4) is 5.75 Å². The first-order valence-corrected chi connectivity index (χ1v) is 7.42. The standard InChI is InChI=1S/C15H12O4S/c1-19-14-7-6-12-8-10-4-2-3-5-11(10)9-13(12)15(14)20(16,17)18/h2-9H,1H3,(H,16,17,18). The molecule has 0 aliphatic heterocycles. The Morgan fingerprint density at radius 1 is 0.950 bits per heavy atom. The summed E-state index contributed by atoms with van der Waals surface area (Å²) in [5.41, 5.74) is 0. The van der Waals surface area contributed by atoms with E-state index in [0.29, 0.717) is 5.39 Å². The second-order valence-corrected chi connectivity index (χ2v) is 5.85. The molecule has 0 amide bonds. The molecule has 1 N–H and O–H groups in total. The normalized spacial score (nSPS) is 11.9. The smallest absolute Gasteiger partial charge is 0.298 e. The summed E-state index contributed by atoms with van der Waals surface area (Å²) in [5.74, 6) is 0.135. The molecule has 20 heavy (non-hydrogen) atoms. The third kappa shape index (κ3) is 2.01. The molecular formula is C15H12O4S. The average Bonchev–Trinajstić information content (AvgIpc) is 2.42. The molecule has 0 aliphatic carbocycles. The predicted molar refractivity (Wildman–Crippen MR) is 77.8 cm³/mol. The van der Waals surface area contributed by atoms with Gasteiger partial charge < -0.3 is 4.74 Å². The highest BCUT2D eigenvalue weighted by molar-refractivity contribution is 7.86. The van der Waals surface area contributed by atoms with Crippen molar-refractivity contribution in [2.75, 3.05) is 7.11 Å². The Bertz CT molecular complexity index is 914. The van der Waals surface area contributed by atoms with Crippen molar-refractivity contribution in [3.63, 3.8) is 0 Å². The summed E-state index contributed by atoms with van der Waals surface area (Å²) in [6.45, 7) is 0. The molecule has 0 fully saturated rings. The van der Waals surface area contributed by atoms with Crippen molar-refractivity contribution in [2.24, 2.45) is 0 Å². The number of benzene rings is 3. The quantitative estimate of drug-likeness (QED) is 0.581. The van der Waals surface area contributed by atoms with Crippen LogP contribution in [0.4, 0.5) is 0 Å². The Hall–Kier alpha value is -2.11. The van der Waals surface area contributed by atoms with Crippen LogP contribution in [0, 0.1) is 0 Å². The monoisotopic (exact) mass is 288 g/mol. The molecule has 5 heteroatoms. The molecule has 0 heterocycles. The van der Waals surface area contributed by atoms with Gasteiger partial charge in [-0.3, -0.25) is 4.55 Å². The fourth-order valence-corrected chi connectivity index (χ4v) is 3.25. The number of rotatable bonds is 2. The number of ether oxygens (including phenoxy) is 1. The third-order valence-corrected chi connectivity index (χ3v) is 4.22. The molecule has 0 atom stereocenters. The first-order chi connectivity index (χ1) is 9.50. The Kier molecular flexibility index (Phi) is 2.88. The van der Waals surface area contributed by atoms with Gasteiger partial charge in [0.2, 0.25) is 0 Å². The van der Waals surface area contributed by atoms with Gasteiger partial charge >= 0.3 is 0 Å². The minimum absolute atomic E-state index is 0.135. The topological polar surface area (TPSA) is 63.6 Å². The molecule has 0 bridgehead atoms. The van der Waals surface area contributed by atoms with E-state index in [9.17, 15) is 13.0 Å². The minimum Gasteiger partial charge on any atom is -0.495 e. The molecular weight excluding hydrogens is 276 g/mol. The van der Waals surface area contributed by atoms with Crippen molar-refractivity contribution >= 4 is 31.7 Å². The maximum Gasteiger partial charge on any atom is 0.298 e. The Labute approximate surface area is 116 Å². The molecule has 0 aliphatic rings. The first kappa shape index (κ1) is 12.9. The van der Waals surface area contributed by atoms with Gasteiger partial charge in [0.15, 0.2) is 0 Å². The van der Waals surface area contributed by atoms with Crippen LogP contribution >= 0.6 is 0 Å². The van der Waals surface area contributed by atoms with E-state index in [-0.39, 0.29) is 10.6 Å². The maximum absolute atomic E-state index is 11.6. The average molecular weight is 288 g/mol. The summed E-state index contributed by atoms with van der Waals surface area (Å²) in [5, 5.41) is 3.09. The van der Waals surface area contributed by atoms with Gasteiger partial charge in [-0.2, -0.15) is 8.42 Å². The van der Waals surface area contributed by atoms with Gasteiger partial charge in [0, 0.05) is 5.39 Å². The highest BCUT2D eigenvalue weighted by Crippen LogP contribution is 2.34. The zero-order valence-corrected chi connectivity index (χ0v) is 11.5. The summed E-state index contributed by atoms with van der Waals surface area (Å²) in [6.07, 6.45) is 0. The van der Waals surface area contributed by atoms with Crippen LogP contribution in [-0.4, -0.2) is 20.1 Å². The molecule has 0 saturated carbocycles. The lowest BCUT2D eigenvalue weighted by atomic mass is 10.0. The molecule has 0 aromatic heterocycles. The summed E-state index contributed by atoms with van der Waals surface area (Å²) < 4.78 is 37.8. The second kappa shape index (κ2) is 4.47. The molecule has 3 aromatic rings. The van der Waals surface area contributed by atoms with Crippen LogP contribution in [0.3, 0.4) is 0 Å². The van der Waals surface area contributed by atoms with E-state index in [1.165, 1.54) is 7.11 Å². The van der Waals surface area contributed by atoms with Crippen molar-refractivity contribution in [1.29, 1.82) is 0 Å². The van der Waals surface area contributed by atoms with Crippen LogP contribution in [0.15, 0.2) is 53.4 Å². The highest BCUT2D eigenvalue weighted by atomic mass is 32.2. The van der Waals surface area contributed by atoms with Crippen molar-refractivity contribution in [3.05, 3.63) is 48.5 Å². The molecule has 0 spiro atoms. The van der Waals surface area contributed by atoms with E-state index in [0.717, 1.165) is 16.2 Å². The van der Waals surface area contributed by atoms with Crippen molar-refractivity contribution in [2.45, 2.75) is 4.90 Å². The number of methoxy groups -OCH3 is 1. The Morgan fingerprint density at radius 2 is 1.60 bits per heavy atom. The van der Waals surface area contributed by atoms with Gasteiger partial charge in [0.25, 0.3) is 10.1 Å². The van der Waals surface area contributed by atoms with E-state index < -0.39 is 10.1 Å². The van der Waals surface area contributed by atoms with Gasteiger partial charge in [-0.25, -0.2) is 0 Å². The van der Waals surface area contributed by atoms with E-state index in [2.05, 4.69) is 0 Å². The van der Waals surface area contributed by atoms with Crippen molar-refractivity contribution < 1.29 is 17.7 Å². The van der Waals surface area contributed by atoms with Crippen molar-refractivity contribution in [1.82, 2.24) is 0 Å². The number of fused-ring (bicyclic) bond motifs is 2. The van der Waals surface area contributed by atoms with Crippen LogP contribution < -0.4 is 4.74 Å². The summed E-state index contributed by atoms with van der Waals surface area (Å²) >= 11 is 0. The minimum atomic E-state index is -4.37. The van der Waals surface area contributed by atoms with E-state index >= 15 is 0 Å². The van der Waals surface area contributed by atoms with Gasteiger partial charge in [0.1, 0.15) is 10.6 Å². The lowest BCUT2D eigenvalue weighted by Gasteiger charge is -2.10. The third-order valence-electron chi connectivity index (χ3n) is 3.28. The lowest BCUT2D eigenvalue weighted by molar-refractivity contribution is 0.399. The highest BCUT2D eigenvalue weighted by Gasteiger charge is 2.20. The fraction of sp³-hybridized carbons (Fsp3) is 0.0667. The molecule has 102 valence electrons. The van der Waals surface area contributed by atoms with Gasteiger partial charge in [0.05, 0.1) is 7.11 Å². The van der Waals surface area contributed by atoms with Crippen LogP contribution in [0.5, 0.6) is 5.75 Å². The summed E-state index contributed by atoms with van der Waals surface area (Å²) in [4.78, 5) is -0.191. The van der Waals surface area contributed by atoms with E-state index in [1.807, 2.05) is 30.3 Å². The second-order valence-electron chi connectivity index (χ2n) is 4.49. The largest absolute Gasteiger partial charge is 0.495 e. The maximum atomic E-state index is 11.6. The summed E-state index contributed by atoms with van der Waals surface area (Å²) in [6, 6.07) is 14.6. The van der Waals surface area contributed by atoms with Crippen LogP contribution in [0.25, 0.3) is 21.5 Å². The zero-order chi connectivity index (χ0) is 14.3. The Balaban J connectivity index is 2.53. The Morgan fingerprint density at radius 3 is 2.20 bits per heavy atom. The van der Waals surface area contributed by atoms with E-state index in [1.54, 1.807) is 18.2 Å². The van der Waals surface area contributed by atoms with Gasteiger partial charge in [-0.1, -0.05) is 30.3 Å². The first-order valence-electron chi connectivity index (χ1n) is 5.98. The molecule has 3 aromatic carbocycles. The van der Waals surface area contributed by atoms with Crippen LogP contribution in [-0.2, 0) is 10.1 Å². The van der Waals surface area contributed by atoms with E-state index in [4.69, 9.17) is 4.74 Å². The molecule has 3 rings (SSSR count).